The van der Waals surface area contributed by atoms with Crippen LogP contribution in [0.5, 0.6) is 0 Å². The molecule has 0 spiro atoms. The summed E-state index contributed by atoms with van der Waals surface area (Å²) in [5, 5.41) is 0. The maximum absolute atomic E-state index is 13.1. The van der Waals surface area contributed by atoms with Crippen LogP contribution in [-0.4, -0.2) is 52.3 Å². The van der Waals surface area contributed by atoms with Gasteiger partial charge in [0.15, 0.2) is 0 Å². The number of fused-ring (bicyclic) bond motifs is 5. The quantitative estimate of drug-likeness (QED) is 0.198. The lowest BCUT2D eigenvalue weighted by Crippen LogP contribution is -2.55. The number of hydrogen-bond acceptors (Lipinski definition) is 8. The molecule has 0 amide bonds. The van der Waals surface area contributed by atoms with Gasteiger partial charge in [0.1, 0.15) is 0 Å². The Morgan fingerprint density at radius 2 is 1.52 bits per heavy atom. The van der Waals surface area contributed by atoms with Gasteiger partial charge in [-0.2, -0.15) is 0 Å². The van der Waals surface area contributed by atoms with E-state index < -0.39 is 29.3 Å². The Morgan fingerprint density at radius 1 is 0.850 bits per heavy atom. The maximum atomic E-state index is 13.1. The van der Waals surface area contributed by atoms with Crippen LogP contribution < -0.4 is 0 Å². The summed E-state index contributed by atoms with van der Waals surface area (Å²) in [6.07, 6.45) is 8.65. The zero-order chi connectivity index (χ0) is 29.6. The topological polar surface area (TPSA) is 105 Å². The Balaban J connectivity index is 1.77. The summed E-state index contributed by atoms with van der Waals surface area (Å²) in [5.74, 6) is -1.94. The second-order valence-corrected chi connectivity index (χ2v) is 12.3. The second-order valence-electron chi connectivity index (χ2n) is 12.3. The van der Waals surface area contributed by atoms with E-state index in [4.69, 9.17) is 18.9 Å². The monoisotopic (exact) mass is 554 g/mol. The lowest BCUT2D eigenvalue weighted by molar-refractivity contribution is -0.141. The standard InChI is InChI=1S/C32H42O8/c1-18-19(21(28(35)39-7)17-25(33)37-5)11-14-30(2)22(18)12-15-31(3)23-10-9-20(27(34)38-6)26(29(36)40-8)32(23,4)16-13-24(30)31/h10,17,19,24H,9,11-16H2,1-8H3/b21-17-/t19-,24-,30+,31+,32-/m1/s1. The highest BCUT2D eigenvalue weighted by Gasteiger charge is 2.61. The molecule has 4 aliphatic rings. The summed E-state index contributed by atoms with van der Waals surface area (Å²) in [6, 6.07) is 0. The second kappa shape index (κ2) is 10.7. The molecule has 0 N–H and O–H groups in total. The van der Waals surface area contributed by atoms with Crippen molar-refractivity contribution in [3.05, 3.63) is 45.6 Å². The third-order valence-corrected chi connectivity index (χ3v) is 10.7. The fourth-order valence-electron chi connectivity index (χ4n) is 8.87. The predicted molar refractivity (Wildman–Crippen MR) is 148 cm³/mol. The van der Waals surface area contributed by atoms with E-state index in [-0.39, 0.29) is 16.7 Å². The van der Waals surface area contributed by atoms with Gasteiger partial charge in [-0.15, -0.1) is 0 Å². The molecule has 0 radical (unpaired) electrons. The fourth-order valence-corrected chi connectivity index (χ4v) is 8.87. The van der Waals surface area contributed by atoms with Crippen molar-refractivity contribution in [1.82, 2.24) is 0 Å². The molecule has 0 aromatic carbocycles. The van der Waals surface area contributed by atoms with Crippen LogP contribution in [0.25, 0.3) is 0 Å². The number of carbonyl (C=O) groups is 4. The van der Waals surface area contributed by atoms with Crippen molar-refractivity contribution >= 4 is 23.9 Å². The van der Waals surface area contributed by atoms with Gasteiger partial charge >= 0.3 is 23.9 Å². The Hall–Kier alpha value is -3.16. The van der Waals surface area contributed by atoms with Crippen LogP contribution in [0.1, 0.15) is 72.6 Å². The first-order chi connectivity index (χ1) is 18.8. The van der Waals surface area contributed by atoms with E-state index in [0.29, 0.717) is 41.9 Å². The van der Waals surface area contributed by atoms with Crippen molar-refractivity contribution in [2.45, 2.75) is 72.6 Å². The van der Waals surface area contributed by atoms with E-state index in [1.165, 1.54) is 45.7 Å². The molecule has 4 aliphatic carbocycles. The number of methoxy groups -OCH3 is 4. The average molecular weight is 555 g/mol. The highest BCUT2D eigenvalue weighted by atomic mass is 16.5. The minimum absolute atomic E-state index is 0.111. The summed E-state index contributed by atoms with van der Waals surface area (Å²) < 4.78 is 20.1. The lowest BCUT2D eigenvalue weighted by Gasteiger charge is -2.63. The maximum Gasteiger partial charge on any atom is 0.335 e. The molecule has 0 aromatic heterocycles. The highest BCUT2D eigenvalue weighted by molar-refractivity contribution is 6.02. The Kier molecular flexibility index (Phi) is 7.96. The SMILES string of the molecule is COC(=O)/C=C(\C(=O)OC)[C@@H]1CC[C@@]2(C)C(=C1C)CC[C@@]1(C)C3=CCC(C(=O)OC)=C(C(=O)OC)[C@]3(C)CC[C@@H]12. The number of allylic oxidation sites excluding steroid dienone is 4. The van der Waals surface area contributed by atoms with Crippen molar-refractivity contribution < 1.29 is 38.1 Å². The number of hydrogen-bond donors (Lipinski definition) is 0. The Bertz CT molecular complexity index is 1270. The van der Waals surface area contributed by atoms with Gasteiger partial charge in [0.2, 0.25) is 0 Å². The molecule has 2 saturated carbocycles. The molecule has 2 fully saturated rings. The first kappa shape index (κ1) is 29.8. The van der Waals surface area contributed by atoms with Gasteiger partial charge in [0.05, 0.1) is 45.2 Å². The Morgan fingerprint density at radius 3 is 2.12 bits per heavy atom. The molecule has 0 saturated heterocycles. The zero-order valence-corrected chi connectivity index (χ0v) is 25.0. The van der Waals surface area contributed by atoms with E-state index in [1.807, 2.05) is 0 Å². The smallest absolute Gasteiger partial charge is 0.335 e. The predicted octanol–water partition coefficient (Wildman–Crippen LogP) is 5.18. The van der Waals surface area contributed by atoms with Crippen molar-refractivity contribution in [2.75, 3.05) is 28.4 Å². The molecule has 4 rings (SSSR count). The van der Waals surface area contributed by atoms with Crippen LogP contribution in [0.2, 0.25) is 0 Å². The summed E-state index contributed by atoms with van der Waals surface area (Å²) >= 11 is 0. The van der Waals surface area contributed by atoms with Crippen LogP contribution in [0.15, 0.2) is 45.6 Å². The number of esters is 4. The van der Waals surface area contributed by atoms with Crippen LogP contribution in [0.4, 0.5) is 0 Å². The molecule has 8 nitrogen and oxygen atoms in total. The highest BCUT2D eigenvalue weighted by Crippen LogP contribution is 2.70. The Labute approximate surface area is 236 Å². The average Bonchev–Trinajstić information content (AvgIpc) is 2.93. The molecular formula is C32H42O8. The van der Waals surface area contributed by atoms with Crippen LogP contribution >= 0.6 is 0 Å². The fraction of sp³-hybridized carbons (Fsp3) is 0.625. The number of ether oxygens (including phenoxy) is 4. The van der Waals surface area contributed by atoms with Gasteiger partial charge in [-0.25, -0.2) is 19.2 Å². The van der Waals surface area contributed by atoms with Crippen molar-refractivity contribution in [3.63, 3.8) is 0 Å². The summed E-state index contributed by atoms with van der Waals surface area (Å²) in [5.41, 5.74) is 3.93. The molecule has 0 heterocycles. The summed E-state index contributed by atoms with van der Waals surface area (Å²) in [6.45, 7) is 8.82. The molecular weight excluding hydrogens is 512 g/mol. The summed E-state index contributed by atoms with van der Waals surface area (Å²) in [4.78, 5) is 50.7. The van der Waals surface area contributed by atoms with E-state index in [1.54, 1.807) is 0 Å². The normalized spacial score (nSPS) is 33.6. The molecule has 40 heavy (non-hydrogen) atoms. The number of carbonyl (C=O) groups excluding carboxylic acids is 4. The van der Waals surface area contributed by atoms with E-state index in [0.717, 1.165) is 31.3 Å². The third-order valence-electron chi connectivity index (χ3n) is 10.7. The van der Waals surface area contributed by atoms with Crippen molar-refractivity contribution in [1.29, 1.82) is 0 Å². The summed E-state index contributed by atoms with van der Waals surface area (Å²) in [7, 11) is 5.32. The van der Waals surface area contributed by atoms with E-state index in [2.05, 4.69) is 33.8 Å². The molecule has 5 atom stereocenters. The minimum Gasteiger partial charge on any atom is -0.466 e. The minimum atomic E-state index is -0.620. The van der Waals surface area contributed by atoms with Crippen LogP contribution in [0, 0.1) is 28.1 Å². The van der Waals surface area contributed by atoms with E-state index in [9.17, 15) is 19.2 Å². The van der Waals surface area contributed by atoms with Crippen LogP contribution in [0.3, 0.4) is 0 Å². The van der Waals surface area contributed by atoms with Gasteiger partial charge in [0.25, 0.3) is 0 Å². The first-order valence-electron chi connectivity index (χ1n) is 14.0. The van der Waals surface area contributed by atoms with Gasteiger partial charge in [-0.3, -0.25) is 0 Å². The largest absolute Gasteiger partial charge is 0.466 e. The zero-order valence-electron chi connectivity index (χ0n) is 25.0. The molecule has 0 aliphatic heterocycles. The molecule has 0 bridgehead atoms. The number of rotatable bonds is 5. The van der Waals surface area contributed by atoms with Crippen LogP contribution in [-0.2, 0) is 38.1 Å². The molecule has 218 valence electrons. The van der Waals surface area contributed by atoms with Gasteiger partial charge in [0, 0.05) is 17.4 Å². The van der Waals surface area contributed by atoms with Crippen molar-refractivity contribution in [2.24, 2.45) is 28.1 Å². The lowest BCUT2D eigenvalue weighted by atomic mass is 9.40. The van der Waals surface area contributed by atoms with E-state index >= 15 is 0 Å². The molecule has 8 heteroatoms. The van der Waals surface area contributed by atoms with Gasteiger partial charge < -0.3 is 18.9 Å². The van der Waals surface area contributed by atoms with Crippen molar-refractivity contribution in [3.8, 4) is 0 Å². The molecule has 0 unspecified atom stereocenters. The van der Waals surface area contributed by atoms with Gasteiger partial charge in [-0.05, 0) is 68.6 Å². The van der Waals surface area contributed by atoms with Gasteiger partial charge in [-0.1, -0.05) is 43.6 Å². The first-order valence-corrected chi connectivity index (χ1v) is 14.0. The third kappa shape index (κ3) is 4.34. The molecule has 0 aromatic rings.